The van der Waals surface area contributed by atoms with E-state index in [1.807, 2.05) is 49.1 Å². The summed E-state index contributed by atoms with van der Waals surface area (Å²) in [6.45, 7) is 4.61. The maximum atomic E-state index is 12.5. The smallest absolute Gasteiger partial charge is 0.230 e. The largest absolute Gasteiger partial charge is 0.334 e. The fourth-order valence-electron chi connectivity index (χ4n) is 2.30. The summed E-state index contributed by atoms with van der Waals surface area (Å²) < 4.78 is 0. The van der Waals surface area contributed by atoms with Crippen LogP contribution in [-0.2, 0) is 11.3 Å². The van der Waals surface area contributed by atoms with Crippen LogP contribution >= 0.6 is 0 Å². The summed E-state index contributed by atoms with van der Waals surface area (Å²) >= 11 is 0. The van der Waals surface area contributed by atoms with Gasteiger partial charge < -0.3 is 10.6 Å². The van der Waals surface area contributed by atoms with Crippen molar-refractivity contribution in [1.29, 1.82) is 0 Å². The van der Waals surface area contributed by atoms with Crippen LogP contribution in [0.25, 0.3) is 0 Å². The maximum absolute atomic E-state index is 12.5. The third kappa shape index (κ3) is 3.41. The number of nitrogens with zero attached hydrogens (tertiary/aromatic N) is 2. The zero-order chi connectivity index (χ0) is 13.8. The zero-order valence-corrected chi connectivity index (χ0v) is 11.5. The van der Waals surface area contributed by atoms with Crippen molar-refractivity contribution in [3.05, 3.63) is 42.2 Å². The topological polar surface area (TPSA) is 59.2 Å². The molecule has 0 radical (unpaired) electrons. The molecule has 2 unspecified atom stereocenters. The predicted octanol–water partition coefficient (Wildman–Crippen LogP) is 1.72. The van der Waals surface area contributed by atoms with Crippen molar-refractivity contribution in [1.82, 2.24) is 9.88 Å². The lowest BCUT2D eigenvalue weighted by molar-refractivity contribution is -0.136. The summed E-state index contributed by atoms with van der Waals surface area (Å²) in [5.41, 5.74) is 6.73. The van der Waals surface area contributed by atoms with Crippen LogP contribution in [-0.4, -0.2) is 27.9 Å². The standard InChI is InChI=1S/C15H21N3O/c1-11(2)18(10-14-5-3-4-8-17-14)15(19)12-6-7-13(16)9-12/h3-8,11-13H,9-10,16H2,1-2H3. The summed E-state index contributed by atoms with van der Waals surface area (Å²) in [6, 6.07) is 5.93. The Labute approximate surface area is 114 Å². The number of amides is 1. The first-order valence-corrected chi connectivity index (χ1v) is 6.72. The molecule has 0 aromatic carbocycles. The summed E-state index contributed by atoms with van der Waals surface area (Å²) in [6.07, 6.45) is 6.32. The Morgan fingerprint density at radius 2 is 2.26 bits per heavy atom. The Bertz CT molecular complexity index is 456. The van der Waals surface area contributed by atoms with Crippen molar-refractivity contribution < 1.29 is 4.79 Å². The zero-order valence-electron chi connectivity index (χ0n) is 11.5. The molecule has 1 aliphatic carbocycles. The molecule has 0 fully saturated rings. The van der Waals surface area contributed by atoms with E-state index in [1.165, 1.54) is 0 Å². The fraction of sp³-hybridized carbons (Fsp3) is 0.467. The van der Waals surface area contributed by atoms with Crippen molar-refractivity contribution >= 4 is 5.91 Å². The summed E-state index contributed by atoms with van der Waals surface area (Å²) in [4.78, 5) is 18.7. The minimum atomic E-state index is -0.0823. The van der Waals surface area contributed by atoms with Gasteiger partial charge >= 0.3 is 0 Å². The highest BCUT2D eigenvalue weighted by Gasteiger charge is 2.28. The van der Waals surface area contributed by atoms with Gasteiger partial charge in [-0.1, -0.05) is 18.2 Å². The maximum Gasteiger partial charge on any atom is 0.230 e. The van der Waals surface area contributed by atoms with E-state index in [0.717, 1.165) is 5.69 Å². The molecule has 1 aliphatic rings. The van der Waals surface area contributed by atoms with Crippen LogP contribution < -0.4 is 5.73 Å². The van der Waals surface area contributed by atoms with Crippen molar-refractivity contribution in [2.45, 2.75) is 38.9 Å². The van der Waals surface area contributed by atoms with Crippen molar-refractivity contribution in [2.24, 2.45) is 11.7 Å². The predicted molar refractivity (Wildman–Crippen MR) is 75.1 cm³/mol. The second-order valence-electron chi connectivity index (χ2n) is 5.27. The van der Waals surface area contributed by atoms with Crippen LogP contribution in [0.5, 0.6) is 0 Å². The van der Waals surface area contributed by atoms with Gasteiger partial charge in [-0.3, -0.25) is 9.78 Å². The van der Waals surface area contributed by atoms with E-state index in [9.17, 15) is 4.79 Å². The molecule has 2 N–H and O–H groups in total. The molecule has 1 heterocycles. The summed E-state index contributed by atoms with van der Waals surface area (Å²) in [5.74, 6) is 0.0611. The van der Waals surface area contributed by atoms with Gasteiger partial charge in [0, 0.05) is 18.3 Å². The lowest BCUT2D eigenvalue weighted by atomic mass is 10.1. The van der Waals surface area contributed by atoms with E-state index in [4.69, 9.17) is 5.73 Å². The fourth-order valence-corrected chi connectivity index (χ4v) is 2.30. The Morgan fingerprint density at radius 3 is 2.79 bits per heavy atom. The SMILES string of the molecule is CC(C)N(Cc1ccccn1)C(=O)C1C=CC(N)C1. The average molecular weight is 259 g/mol. The molecule has 1 aromatic rings. The molecule has 1 amide bonds. The Hall–Kier alpha value is -1.68. The van der Waals surface area contributed by atoms with Gasteiger partial charge in [-0.05, 0) is 32.4 Å². The molecule has 4 nitrogen and oxygen atoms in total. The monoisotopic (exact) mass is 259 g/mol. The Morgan fingerprint density at radius 1 is 1.47 bits per heavy atom. The molecule has 2 atom stereocenters. The lowest BCUT2D eigenvalue weighted by Crippen LogP contribution is -2.40. The van der Waals surface area contributed by atoms with E-state index in [1.54, 1.807) is 6.20 Å². The van der Waals surface area contributed by atoms with Crippen LogP contribution in [0, 0.1) is 5.92 Å². The lowest BCUT2D eigenvalue weighted by Gasteiger charge is -2.29. The van der Waals surface area contributed by atoms with Gasteiger partial charge in [0.05, 0.1) is 18.2 Å². The molecule has 2 rings (SSSR count). The van der Waals surface area contributed by atoms with Crippen molar-refractivity contribution in [2.75, 3.05) is 0 Å². The van der Waals surface area contributed by atoms with Gasteiger partial charge in [-0.15, -0.1) is 0 Å². The molecule has 0 saturated heterocycles. The highest BCUT2D eigenvalue weighted by molar-refractivity contribution is 5.81. The summed E-state index contributed by atoms with van der Waals surface area (Å²) in [5, 5.41) is 0. The summed E-state index contributed by atoms with van der Waals surface area (Å²) in [7, 11) is 0. The molecule has 0 spiro atoms. The molecule has 102 valence electrons. The van der Waals surface area contributed by atoms with Crippen LogP contribution in [0.2, 0.25) is 0 Å². The van der Waals surface area contributed by atoms with Gasteiger partial charge in [0.2, 0.25) is 5.91 Å². The molecule has 1 aromatic heterocycles. The minimum Gasteiger partial charge on any atom is -0.334 e. The third-order valence-corrected chi connectivity index (χ3v) is 3.40. The number of nitrogens with two attached hydrogens (primary N) is 1. The molecule has 0 saturated carbocycles. The Balaban J connectivity index is 2.08. The van der Waals surface area contributed by atoms with Crippen LogP contribution in [0.4, 0.5) is 0 Å². The molecular formula is C15H21N3O. The van der Waals surface area contributed by atoms with E-state index < -0.39 is 0 Å². The number of hydrogen-bond donors (Lipinski definition) is 1. The number of rotatable bonds is 4. The number of carbonyl (C=O) groups is 1. The second-order valence-corrected chi connectivity index (χ2v) is 5.27. The van der Waals surface area contributed by atoms with Gasteiger partial charge in [0.25, 0.3) is 0 Å². The molecular weight excluding hydrogens is 238 g/mol. The van der Waals surface area contributed by atoms with Gasteiger partial charge in [-0.25, -0.2) is 0 Å². The van der Waals surface area contributed by atoms with Gasteiger partial charge in [0.1, 0.15) is 0 Å². The van der Waals surface area contributed by atoms with Crippen LogP contribution in [0.15, 0.2) is 36.5 Å². The minimum absolute atomic E-state index is 0.0119. The normalized spacial score (nSPS) is 21.9. The first-order chi connectivity index (χ1) is 9.08. The van der Waals surface area contributed by atoms with Gasteiger partial charge in [-0.2, -0.15) is 0 Å². The van der Waals surface area contributed by atoms with Crippen molar-refractivity contribution in [3.63, 3.8) is 0 Å². The third-order valence-electron chi connectivity index (χ3n) is 3.40. The first kappa shape index (κ1) is 13.7. The number of carbonyl (C=O) groups excluding carboxylic acids is 1. The Kier molecular flexibility index (Phi) is 4.32. The van der Waals surface area contributed by atoms with E-state index in [-0.39, 0.29) is 23.9 Å². The van der Waals surface area contributed by atoms with Crippen molar-refractivity contribution in [3.8, 4) is 0 Å². The number of pyridine rings is 1. The van der Waals surface area contributed by atoms with E-state index in [2.05, 4.69) is 4.98 Å². The second kappa shape index (κ2) is 5.97. The molecule has 4 heteroatoms. The average Bonchev–Trinajstić information content (AvgIpc) is 2.83. The number of hydrogen-bond acceptors (Lipinski definition) is 3. The molecule has 19 heavy (non-hydrogen) atoms. The van der Waals surface area contributed by atoms with Crippen LogP contribution in [0.1, 0.15) is 26.0 Å². The van der Waals surface area contributed by atoms with Gasteiger partial charge in [0.15, 0.2) is 0 Å². The highest BCUT2D eigenvalue weighted by atomic mass is 16.2. The molecule has 0 bridgehead atoms. The van der Waals surface area contributed by atoms with E-state index in [0.29, 0.717) is 13.0 Å². The highest BCUT2D eigenvalue weighted by Crippen LogP contribution is 2.21. The number of aromatic nitrogens is 1. The van der Waals surface area contributed by atoms with Crippen LogP contribution in [0.3, 0.4) is 0 Å². The van der Waals surface area contributed by atoms with E-state index >= 15 is 0 Å². The molecule has 0 aliphatic heterocycles. The quantitative estimate of drug-likeness (QED) is 0.838. The first-order valence-electron chi connectivity index (χ1n) is 6.72.